The van der Waals surface area contributed by atoms with Gasteiger partial charge in [0.15, 0.2) is 0 Å². The van der Waals surface area contributed by atoms with Gasteiger partial charge in [-0.3, -0.25) is 9.59 Å². The molecule has 0 saturated heterocycles. The Bertz CT molecular complexity index is 1860. The van der Waals surface area contributed by atoms with Crippen molar-refractivity contribution in [1.82, 2.24) is 15.3 Å². The van der Waals surface area contributed by atoms with Crippen molar-refractivity contribution in [3.05, 3.63) is 83.3 Å². The van der Waals surface area contributed by atoms with Crippen LogP contribution in [-0.4, -0.2) is 54.0 Å². The third-order valence-electron chi connectivity index (χ3n) is 8.79. The summed E-state index contributed by atoms with van der Waals surface area (Å²) in [7, 11) is 0. The molecular formula is C38H53N11O5. The quantitative estimate of drug-likeness (QED) is 0.0282. The zero-order chi connectivity index (χ0) is 39.0. The van der Waals surface area contributed by atoms with Gasteiger partial charge in [0.2, 0.25) is 0 Å². The highest BCUT2D eigenvalue weighted by molar-refractivity contribution is 5.99. The van der Waals surface area contributed by atoms with Crippen LogP contribution in [0.2, 0.25) is 0 Å². The maximum absolute atomic E-state index is 12.1. The van der Waals surface area contributed by atoms with Crippen molar-refractivity contribution in [2.45, 2.75) is 78.1 Å². The number of carbonyl (C=O) groups is 3. The molecule has 1 saturated carbocycles. The van der Waals surface area contributed by atoms with Crippen LogP contribution in [0.15, 0.2) is 98.3 Å². The van der Waals surface area contributed by atoms with E-state index >= 15 is 0 Å². The van der Waals surface area contributed by atoms with Crippen LogP contribution in [0.3, 0.4) is 0 Å². The van der Waals surface area contributed by atoms with Crippen LogP contribution < -0.4 is 16.9 Å². The van der Waals surface area contributed by atoms with Crippen molar-refractivity contribution in [3.63, 3.8) is 0 Å². The first kappa shape index (κ1) is 42.6. The highest BCUT2D eigenvalue weighted by atomic mass is 16.5. The Morgan fingerprint density at radius 3 is 2.04 bits per heavy atom. The number of rotatable bonds is 12. The normalized spacial score (nSPS) is 15.5. The average Bonchev–Trinajstić information content (AvgIpc) is 3.81. The number of Topliss-reactive ketones (excluding diaryl/α,β-unsaturated/α-hetero) is 1. The minimum absolute atomic E-state index is 0.0553. The number of aromatic amines is 2. The molecule has 2 aromatic heterocycles. The number of ether oxygens (including phenoxy) is 2. The Kier molecular flexibility index (Phi) is 19.3. The molecule has 290 valence electrons. The largest absolute Gasteiger partial charge is 0.465 e. The molecule has 2 aliphatic rings. The van der Waals surface area contributed by atoms with Crippen LogP contribution in [0.4, 0.5) is 0 Å². The summed E-state index contributed by atoms with van der Waals surface area (Å²) < 4.78 is 9.97. The van der Waals surface area contributed by atoms with E-state index in [2.05, 4.69) is 89.8 Å². The molecule has 1 fully saturated rings. The minimum atomic E-state index is -0.460. The molecule has 1 atom stereocenters. The topological polar surface area (TPSA) is 251 Å². The average molecular weight is 744 g/mol. The summed E-state index contributed by atoms with van der Waals surface area (Å²) in [5.41, 5.74) is 18.4. The highest BCUT2D eigenvalue weighted by Gasteiger charge is 2.29. The first-order valence-corrected chi connectivity index (χ1v) is 18.4. The molecule has 2 aliphatic carbocycles. The Labute approximate surface area is 315 Å². The number of benzene rings is 2. The fourth-order valence-electron chi connectivity index (χ4n) is 6.26. The van der Waals surface area contributed by atoms with E-state index in [0.717, 1.165) is 69.2 Å². The van der Waals surface area contributed by atoms with Gasteiger partial charge in [-0.25, -0.2) is 4.79 Å². The highest BCUT2D eigenvalue weighted by Crippen LogP contribution is 2.25. The van der Waals surface area contributed by atoms with Crippen molar-refractivity contribution >= 4 is 39.5 Å². The van der Waals surface area contributed by atoms with Gasteiger partial charge in [-0.05, 0) is 116 Å². The molecule has 0 spiro atoms. The van der Waals surface area contributed by atoms with E-state index in [1.165, 1.54) is 32.9 Å². The van der Waals surface area contributed by atoms with E-state index in [4.69, 9.17) is 20.7 Å². The third kappa shape index (κ3) is 13.7. The second-order valence-corrected chi connectivity index (χ2v) is 12.3. The third-order valence-corrected chi connectivity index (χ3v) is 8.79. The van der Waals surface area contributed by atoms with Gasteiger partial charge < -0.3 is 36.3 Å². The van der Waals surface area contributed by atoms with Crippen molar-refractivity contribution in [3.8, 4) is 0 Å². The second-order valence-electron chi connectivity index (χ2n) is 12.3. The summed E-state index contributed by atoms with van der Waals surface area (Å²) in [6.45, 7) is 5.95. The first-order valence-electron chi connectivity index (χ1n) is 18.4. The molecule has 16 heteroatoms. The van der Waals surface area contributed by atoms with Gasteiger partial charge in [0, 0.05) is 52.9 Å². The molecule has 4 aromatic rings. The summed E-state index contributed by atoms with van der Waals surface area (Å²) >= 11 is 0. The molecule has 16 nitrogen and oxygen atoms in total. The van der Waals surface area contributed by atoms with Gasteiger partial charge in [-0.1, -0.05) is 48.0 Å². The lowest BCUT2D eigenvalue weighted by Crippen LogP contribution is -2.28. The van der Waals surface area contributed by atoms with Crippen LogP contribution >= 0.6 is 0 Å². The minimum Gasteiger partial charge on any atom is -0.465 e. The molecule has 8 N–H and O–H groups in total. The van der Waals surface area contributed by atoms with Gasteiger partial charge in [0.05, 0.1) is 18.8 Å². The summed E-state index contributed by atoms with van der Waals surface area (Å²) in [6.07, 6.45) is 13.1. The Balaban J connectivity index is 0.000000214. The molecule has 54 heavy (non-hydrogen) atoms. The van der Waals surface area contributed by atoms with E-state index in [-0.39, 0.29) is 17.7 Å². The number of ketones is 1. The molecule has 2 aromatic carbocycles. The van der Waals surface area contributed by atoms with Crippen molar-refractivity contribution < 1.29 is 23.9 Å². The van der Waals surface area contributed by atoms with Crippen molar-refractivity contribution in [2.75, 3.05) is 26.3 Å². The molecule has 6 rings (SSSR count). The lowest BCUT2D eigenvalue weighted by molar-refractivity contribution is -0.152. The SMILES string of the molecule is CCOC(=O)C1=C(NCCc2c[nH]c3ccccc23)CCCC1.CCOC(=O)C1CCCCC1=O.N=N/N=N/N=N/N.NCCc1c[nH]c2ccccc12. The summed E-state index contributed by atoms with van der Waals surface area (Å²) in [6, 6.07) is 16.6. The Morgan fingerprint density at radius 2 is 1.44 bits per heavy atom. The number of nitrogens with two attached hydrogens (primary N) is 2. The van der Waals surface area contributed by atoms with Gasteiger partial charge in [0.25, 0.3) is 0 Å². The summed E-state index contributed by atoms with van der Waals surface area (Å²) in [4.78, 5) is 40.9. The molecule has 0 amide bonds. The molecule has 2 heterocycles. The second kappa shape index (κ2) is 24.5. The lowest BCUT2D eigenvalue weighted by Gasteiger charge is -2.20. The van der Waals surface area contributed by atoms with Crippen LogP contribution in [0.25, 0.3) is 21.8 Å². The number of aromatic nitrogens is 2. The van der Waals surface area contributed by atoms with Gasteiger partial charge in [-0.2, -0.15) is 5.53 Å². The van der Waals surface area contributed by atoms with Crippen LogP contribution in [0.5, 0.6) is 0 Å². The van der Waals surface area contributed by atoms with Crippen molar-refractivity contribution in [1.29, 1.82) is 5.53 Å². The number of carbonyl (C=O) groups excluding carboxylic acids is 3. The van der Waals surface area contributed by atoms with Crippen LogP contribution in [0.1, 0.15) is 76.3 Å². The Morgan fingerprint density at radius 1 is 0.833 bits per heavy atom. The lowest BCUT2D eigenvalue weighted by atomic mass is 9.88. The van der Waals surface area contributed by atoms with E-state index < -0.39 is 5.92 Å². The van der Waals surface area contributed by atoms with E-state index in [0.29, 0.717) is 32.6 Å². The fraction of sp³-hybridized carbons (Fsp3) is 0.447. The number of allylic oxidation sites excluding steroid dienone is 1. The molecule has 0 radical (unpaired) electrons. The maximum atomic E-state index is 12.1. The number of nitrogens with zero attached hydrogens (tertiary/aromatic N) is 5. The van der Waals surface area contributed by atoms with E-state index in [1.807, 2.05) is 25.3 Å². The number of esters is 2. The van der Waals surface area contributed by atoms with Gasteiger partial charge in [0.1, 0.15) is 11.7 Å². The molecule has 0 bridgehead atoms. The maximum Gasteiger partial charge on any atom is 0.335 e. The van der Waals surface area contributed by atoms with Gasteiger partial charge >= 0.3 is 11.9 Å². The van der Waals surface area contributed by atoms with Gasteiger partial charge in [-0.15, -0.1) is 0 Å². The van der Waals surface area contributed by atoms with Crippen LogP contribution in [0, 0.1) is 11.4 Å². The van der Waals surface area contributed by atoms with E-state index in [9.17, 15) is 14.4 Å². The number of para-hydroxylation sites is 2. The smallest absolute Gasteiger partial charge is 0.335 e. The predicted octanol–water partition coefficient (Wildman–Crippen LogP) is 7.29. The van der Waals surface area contributed by atoms with Crippen LogP contribution in [-0.2, 0) is 36.7 Å². The fourth-order valence-corrected chi connectivity index (χ4v) is 6.26. The number of H-pyrrole nitrogens is 2. The monoisotopic (exact) mass is 743 g/mol. The molecule has 1 unspecified atom stereocenters. The standard InChI is InChI=1S/C19H24N2O2.C10H12N2.C9H14O3.H3N7/c1-2-23-19(22)16-8-4-6-10-18(16)20-12-11-14-13-21-17-9-5-3-7-15(14)17;11-6-5-8-7-12-10-4-2-1-3-9(8)10;1-2-12-9(11)7-5-3-4-6-8(7)10;1-3-5-7-6-4-2/h3,5,7,9,13,20-21H,2,4,6,8,10-12H2,1H3;1-4,7,12H,5-6,11H2;7H,2-6H2,1H3;(H3,1,2,5,6). The van der Waals surface area contributed by atoms with E-state index in [1.54, 1.807) is 6.92 Å². The molecular weight excluding hydrogens is 690 g/mol. The molecule has 0 aliphatic heterocycles. The Hall–Kier alpha value is -5.77. The number of hydrogen-bond donors (Lipinski definition) is 6. The summed E-state index contributed by atoms with van der Waals surface area (Å²) in [5.74, 6) is 3.58. The predicted molar refractivity (Wildman–Crippen MR) is 206 cm³/mol. The van der Waals surface area contributed by atoms with Crippen molar-refractivity contribution in [2.24, 2.45) is 43.6 Å². The zero-order valence-corrected chi connectivity index (χ0v) is 31.2. The summed E-state index contributed by atoms with van der Waals surface area (Å²) in [5, 5.41) is 19.6. The first-order chi connectivity index (χ1) is 26.4. The number of hydrogen-bond acceptors (Lipinski definition) is 9. The number of nitrogens with one attached hydrogen (secondary N) is 4. The zero-order valence-electron chi connectivity index (χ0n) is 31.2. The number of fused-ring (bicyclic) bond motifs is 2.